The first-order valence-electron chi connectivity index (χ1n) is 7.73. The van der Waals surface area contributed by atoms with E-state index in [1.165, 1.54) is 51.7 Å². The highest BCUT2D eigenvalue weighted by molar-refractivity contribution is 9.09. The number of nitrogens with zero attached hydrogens (tertiary/aromatic N) is 1. The molecule has 1 aliphatic heterocycles. The molecule has 1 aromatic carbocycles. The fourth-order valence-corrected chi connectivity index (χ4v) is 4.47. The van der Waals surface area contributed by atoms with Gasteiger partial charge in [0.15, 0.2) is 0 Å². The molecule has 1 saturated heterocycles. The maximum atomic E-state index is 3.58. The van der Waals surface area contributed by atoms with Gasteiger partial charge in [-0.1, -0.05) is 40.2 Å². The molecule has 2 unspecified atom stereocenters. The third kappa shape index (κ3) is 3.22. The summed E-state index contributed by atoms with van der Waals surface area (Å²) < 4.78 is 0. The minimum absolute atomic E-state index is 0.785. The van der Waals surface area contributed by atoms with E-state index in [2.05, 4.69) is 45.1 Å². The lowest BCUT2D eigenvalue weighted by molar-refractivity contribution is 0.289. The second-order valence-corrected chi connectivity index (χ2v) is 6.97. The fraction of sp³-hybridized carbons (Fsp3) is 0.647. The average Bonchev–Trinajstić information content (AvgIpc) is 2.87. The van der Waals surface area contributed by atoms with E-state index in [0.717, 1.165) is 17.2 Å². The van der Waals surface area contributed by atoms with Gasteiger partial charge < -0.3 is 4.90 Å². The Morgan fingerprint density at radius 3 is 3.00 bits per heavy atom. The summed E-state index contributed by atoms with van der Waals surface area (Å²) in [6.45, 7) is 3.93. The van der Waals surface area contributed by atoms with Crippen molar-refractivity contribution >= 4 is 15.9 Å². The number of fused-ring (bicyclic) bond motifs is 1. The van der Waals surface area contributed by atoms with Crippen molar-refractivity contribution < 1.29 is 0 Å². The van der Waals surface area contributed by atoms with E-state index in [9.17, 15) is 0 Å². The third-order valence-electron chi connectivity index (χ3n) is 4.86. The smallest absolute Gasteiger partial charge is 0.00505 e. The van der Waals surface area contributed by atoms with Crippen LogP contribution in [0, 0.1) is 5.92 Å². The van der Waals surface area contributed by atoms with Gasteiger partial charge in [-0.3, -0.25) is 0 Å². The molecule has 2 aliphatic rings. The number of aryl methyl sites for hydroxylation is 1. The molecule has 19 heavy (non-hydrogen) atoms. The molecule has 1 aromatic rings. The van der Waals surface area contributed by atoms with Gasteiger partial charge in [-0.25, -0.2) is 0 Å². The van der Waals surface area contributed by atoms with Gasteiger partial charge in [0.25, 0.3) is 0 Å². The largest absolute Gasteiger partial charge is 0.302 e. The molecular weight excluding hydrogens is 298 g/mol. The topological polar surface area (TPSA) is 3.24 Å². The van der Waals surface area contributed by atoms with Crippen molar-refractivity contribution in [3.63, 3.8) is 0 Å². The molecule has 1 aliphatic carbocycles. The molecule has 104 valence electrons. The Morgan fingerprint density at radius 2 is 2.11 bits per heavy atom. The normalized spacial score (nSPS) is 27.4. The first-order valence-corrected chi connectivity index (χ1v) is 8.85. The number of alkyl halides is 1. The number of rotatable bonds is 4. The predicted molar refractivity (Wildman–Crippen MR) is 85.1 cm³/mol. The Hall–Kier alpha value is -0.340. The van der Waals surface area contributed by atoms with Gasteiger partial charge in [0.05, 0.1) is 0 Å². The Bertz CT molecular complexity index is 417. The number of likely N-dealkylation sites (tertiary alicyclic amines) is 1. The monoisotopic (exact) mass is 321 g/mol. The van der Waals surface area contributed by atoms with Crippen LogP contribution in [0.3, 0.4) is 0 Å². The summed E-state index contributed by atoms with van der Waals surface area (Å²) in [7, 11) is 0. The van der Waals surface area contributed by atoms with Crippen molar-refractivity contribution in [3.05, 3.63) is 35.4 Å². The van der Waals surface area contributed by atoms with Gasteiger partial charge in [-0.2, -0.15) is 0 Å². The first kappa shape index (κ1) is 13.6. The lowest BCUT2D eigenvalue weighted by Crippen LogP contribution is -2.28. The Morgan fingerprint density at radius 1 is 1.21 bits per heavy atom. The maximum Gasteiger partial charge on any atom is 0.00505 e. The highest BCUT2D eigenvalue weighted by atomic mass is 79.9. The molecule has 1 nitrogen and oxygen atoms in total. The zero-order valence-electron chi connectivity index (χ0n) is 11.7. The van der Waals surface area contributed by atoms with E-state index < -0.39 is 0 Å². The minimum Gasteiger partial charge on any atom is -0.302 e. The van der Waals surface area contributed by atoms with Crippen molar-refractivity contribution in [1.29, 1.82) is 0 Å². The highest BCUT2D eigenvalue weighted by Gasteiger charge is 2.26. The molecule has 0 amide bonds. The van der Waals surface area contributed by atoms with Crippen LogP contribution in [0.1, 0.15) is 42.7 Å². The minimum atomic E-state index is 0.785. The molecule has 1 heterocycles. The van der Waals surface area contributed by atoms with Crippen LogP contribution in [-0.2, 0) is 6.42 Å². The Balaban J connectivity index is 1.62. The maximum absolute atomic E-state index is 3.58. The summed E-state index contributed by atoms with van der Waals surface area (Å²) >= 11 is 3.58. The van der Waals surface area contributed by atoms with Gasteiger partial charge >= 0.3 is 0 Å². The van der Waals surface area contributed by atoms with Gasteiger partial charge in [0.2, 0.25) is 0 Å². The van der Waals surface area contributed by atoms with E-state index in [4.69, 9.17) is 0 Å². The number of hydrogen-bond donors (Lipinski definition) is 0. The van der Waals surface area contributed by atoms with Crippen molar-refractivity contribution in [3.8, 4) is 0 Å². The molecule has 0 N–H and O–H groups in total. The summed E-state index contributed by atoms with van der Waals surface area (Å²) in [5.41, 5.74) is 3.24. The van der Waals surface area contributed by atoms with E-state index in [1.54, 1.807) is 11.1 Å². The molecular formula is C17H24BrN. The predicted octanol–water partition coefficient (Wildman–Crippen LogP) is 4.21. The second kappa shape index (κ2) is 6.41. The second-order valence-electron chi connectivity index (χ2n) is 6.18. The summed E-state index contributed by atoms with van der Waals surface area (Å²) in [6, 6.07) is 9.11. The van der Waals surface area contributed by atoms with E-state index in [0.29, 0.717) is 0 Å². The van der Waals surface area contributed by atoms with Crippen LogP contribution in [0.2, 0.25) is 0 Å². The standard InChI is InChI=1S/C17H24BrN/c18-10-8-14-9-11-19(12-14)13-16-6-3-5-15-4-1-2-7-17(15)16/h1-2,4,7,14,16H,3,5-6,8-13H2. The van der Waals surface area contributed by atoms with E-state index in [1.807, 2.05) is 0 Å². The van der Waals surface area contributed by atoms with Gasteiger partial charge in [0, 0.05) is 18.4 Å². The number of benzene rings is 1. The van der Waals surface area contributed by atoms with Crippen LogP contribution < -0.4 is 0 Å². The quantitative estimate of drug-likeness (QED) is 0.751. The molecule has 2 heteroatoms. The van der Waals surface area contributed by atoms with Crippen molar-refractivity contribution in [2.75, 3.05) is 25.0 Å². The highest BCUT2D eigenvalue weighted by Crippen LogP contribution is 2.33. The third-order valence-corrected chi connectivity index (χ3v) is 5.32. The van der Waals surface area contributed by atoms with Gasteiger partial charge in [-0.05, 0) is 61.6 Å². The van der Waals surface area contributed by atoms with Gasteiger partial charge in [-0.15, -0.1) is 0 Å². The van der Waals surface area contributed by atoms with Crippen LogP contribution in [0.15, 0.2) is 24.3 Å². The molecule has 1 fully saturated rings. The van der Waals surface area contributed by atoms with Crippen LogP contribution in [-0.4, -0.2) is 29.9 Å². The lowest BCUT2D eigenvalue weighted by Gasteiger charge is -2.29. The summed E-state index contributed by atoms with van der Waals surface area (Å²) in [6.07, 6.45) is 6.80. The Labute approximate surface area is 125 Å². The number of halogens is 1. The molecule has 0 saturated carbocycles. The van der Waals surface area contributed by atoms with Crippen molar-refractivity contribution in [2.24, 2.45) is 5.92 Å². The first-order chi connectivity index (χ1) is 9.36. The van der Waals surface area contributed by atoms with Crippen molar-refractivity contribution in [1.82, 2.24) is 4.90 Å². The van der Waals surface area contributed by atoms with Crippen LogP contribution in [0.4, 0.5) is 0 Å². The van der Waals surface area contributed by atoms with Crippen LogP contribution >= 0.6 is 15.9 Å². The molecule has 0 bridgehead atoms. The van der Waals surface area contributed by atoms with Crippen LogP contribution in [0.25, 0.3) is 0 Å². The zero-order valence-corrected chi connectivity index (χ0v) is 13.2. The molecule has 0 aromatic heterocycles. The van der Waals surface area contributed by atoms with Crippen molar-refractivity contribution in [2.45, 2.75) is 38.0 Å². The summed E-state index contributed by atoms with van der Waals surface area (Å²) in [5.74, 6) is 1.71. The molecule has 2 atom stereocenters. The molecule has 0 spiro atoms. The summed E-state index contributed by atoms with van der Waals surface area (Å²) in [5, 5.41) is 1.16. The SMILES string of the molecule is BrCCC1CCN(CC2CCCc3ccccc32)C1. The summed E-state index contributed by atoms with van der Waals surface area (Å²) in [4.78, 5) is 2.71. The average molecular weight is 322 g/mol. The Kier molecular flexibility index (Phi) is 4.60. The molecule has 0 radical (unpaired) electrons. The zero-order chi connectivity index (χ0) is 13.1. The molecule has 3 rings (SSSR count). The lowest BCUT2D eigenvalue weighted by atomic mass is 9.82. The van der Waals surface area contributed by atoms with Crippen LogP contribution in [0.5, 0.6) is 0 Å². The number of hydrogen-bond acceptors (Lipinski definition) is 1. The fourth-order valence-electron chi connectivity index (χ4n) is 3.82. The van der Waals surface area contributed by atoms with E-state index in [-0.39, 0.29) is 0 Å². The van der Waals surface area contributed by atoms with Gasteiger partial charge in [0.1, 0.15) is 0 Å². The van der Waals surface area contributed by atoms with E-state index >= 15 is 0 Å².